The maximum atomic E-state index is 12.9. The van der Waals surface area contributed by atoms with Gasteiger partial charge in [-0.1, -0.05) is 30.3 Å². The van der Waals surface area contributed by atoms with E-state index in [1.54, 1.807) is 19.2 Å². The van der Waals surface area contributed by atoms with Gasteiger partial charge >= 0.3 is 0 Å². The number of ether oxygens (including phenoxy) is 1. The number of nitrogens with one attached hydrogen (secondary N) is 1. The van der Waals surface area contributed by atoms with Crippen molar-refractivity contribution in [3.05, 3.63) is 65.0 Å². The second-order valence-corrected chi connectivity index (χ2v) is 7.61. The molecule has 1 saturated heterocycles. The van der Waals surface area contributed by atoms with E-state index in [1.165, 1.54) is 0 Å². The summed E-state index contributed by atoms with van der Waals surface area (Å²) in [5, 5.41) is 2.04. The summed E-state index contributed by atoms with van der Waals surface area (Å²) < 4.78 is 5.40. The summed E-state index contributed by atoms with van der Waals surface area (Å²) >= 11 is 6.60. The van der Waals surface area contributed by atoms with Gasteiger partial charge in [0.2, 0.25) is 0 Å². The monoisotopic (exact) mass is 384 g/mol. The Hall–Kier alpha value is -2.24. The van der Waals surface area contributed by atoms with E-state index in [-0.39, 0.29) is 17.4 Å². The Kier molecular flexibility index (Phi) is 4.98. The minimum Gasteiger partial charge on any atom is -0.381 e. The van der Waals surface area contributed by atoms with Crippen molar-refractivity contribution in [3.63, 3.8) is 0 Å². The molecule has 4 rings (SSSR count). The Morgan fingerprint density at radius 1 is 1.22 bits per heavy atom. The third-order valence-corrected chi connectivity index (χ3v) is 6.00. The quantitative estimate of drug-likeness (QED) is 0.613. The average Bonchev–Trinajstić information content (AvgIpc) is 3.13. The summed E-state index contributed by atoms with van der Waals surface area (Å²) in [6, 6.07) is 12.8. The van der Waals surface area contributed by atoms with Crippen LogP contribution in [0, 0.1) is 17.8 Å². The molecule has 6 heteroatoms. The number of aromatic nitrogens is 1. The van der Waals surface area contributed by atoms with Crippen LogP contribution in [0.3, 0.4) is 0 Å². The number of alkyl halides is 1. The van der Waals surface area contributed by atoms with Gasteiger partial charge in [0.1, 0.15) is 11.1 Å². The lowest BCUT2D eigenvalue weighted by atomic mass is 10.0. The summed E-state index contributed by atoms with van der Waals surface area (Å²) in [5.41, 5.74) is 2.07. The first-order chi connectivity index (χ1) is 13.1. The van der Waals surface area contributed by atoms with Gasteiger partial charge in [-0.25, -0.2) is 4.98 Å². The second kappa shape index (κ2) is 7.41. The van der Waals surface area contributed by atoms with Crippen molar-refractivity contribution < 1.29 is 14.3 Å². The lowest BCUT2D eigenvalue weighted by molar-refractivity contribution is 0.0950. The van der Waals surface area contributed by atoms with Crippen molar-refractivity contribution in [2.24, 2.45) is 17.8 Å². The van der Waals surface area contributed by atoms with Crippen LogP contribution >= 0.6 is 11.6 Å². The van der Waals surface area contributed by atoms with Gasteiger partial charge < -0.3 is 10.1 Å². The third-order valence-electron chi connectivity index (χ3n) is 5.53. The van der Waals surface area contributed by atoms with Gasteiger partial charge in [-0.15, -0.1) is 11.6 Å². The Balaban J connectivity index is 1.62. The van der Waals surface area contributed by atoms with E-state index in [9.17, 15) is 9.59 Å². The van der Waals surface area contributed by atoms with Gasteiger partial charge in [0, 0.05) is 19.0 Å². The molecule has 2 aromatic rings. The van der Waals surface area contributed by atoms with Crippen molar-refractivity contribution in [1.29, 1.82) is 0 Å². The third kappa shape index (κ3) is 3.62. The summed E-state index contributed by atoms with van der Waals surface area (Å²) in [7, 11) is 1.54. The fourth-order valence-electron chi connectivity index (χ4n) is 3.87. The highest BCUT2D eigenvalue weighted by molar-refractivity contribution is 6.22. The molecule has 5 nitrogen and oxygen atoms in total. The minimum atomic E-state index is -0.531. The van der Waals surface area contributed by atoms with Crippen LogP contribution < -0.4 is 5.32 Å². The Bertz CT molecular complexity index is 861. The number of carbonyl (C=O) groups excluding carboxylic acids is 2. The molecule has 2 unspecified atom stereocenters. The zero-order valence-electron chi connectivity index (χ0n) is 15.0. The normalized spacial score (nSPS) is 24.1. The van der Waals surface area contributed by atoms with Crippen molar-refractivity contribution >= 4 is 23.3 Å². The number of ketones is 1. The highest BCUT2D eigenvalue weighted by Gasteiger charge is 2.54. The molecule has 0 bridgehead atoms. The van der Waals surface area contributed by atoms with Crippen LogP contribution in [-0.2, 0) is 4.74 Å². The molecule has 2 fully saturated rings. The summed E-state index contributed by atoms with van der Waals surface area (Å²) in [4.78, 5) is 29.4. The van der Waals surface area contributed by atoms with E-state index >= 15 is 0 Å². The van der Waals surface area contributed by atoms with Crippen LogP contribution in [0.25, 0.3) is 0 Å². The Labute approximate surface area is 163 Å². The number of amides is 1. The molecule has 4 atom stereocenters. The first-order valence-electron chi connectivity index (χ1n) is 9.12. The number of halogens is 1. The number of Topliss-reactive ketones (excluding diaryl/α,β-unsaturated/α-hetero) is 1. The Morgan fingerprint density at radius 3 is 2.59 bits per heavy atom. The van der Waals surface area contributed by atoms with Crippen molar-refractivity contribution in [3.8, 4) is 0 Å². The molecule has 140 valence electrons. The van der Waals surface area contributed by atoms with Crippen LogP contribution in [0.1, 0.15) is 43.9 Å². The molecule has 2 heterocycles. The van der Waals surface area contributed by atoms with Crippen molar-refractivity contribution in [1.82, 2.24) is 10.3 Å². The summed E-state index contributed by atoms with van der Waals surface area (Å²) in [6.07, 6.45) is 0.480. The molecule has 1 amide bonds. The smallest absolute Gasteiger partial charge is 0.269 e. The standard InChI is InChI=1S/C21H21ClN2O3/c1-23-21(26)18-8-13(19(25)9-14-15-10-27-11-16(14)15)7-17(24-18)20(22)12-5-3-2-4-6-12/h2-8,14-16,20H,9-11H2,1H3,(H,23,26)/t14?,15-,16+,20?. The number of fused-ring (bicyclic) bond motifs is 1. The largest absolute Gasteiger partial charge is 0.381 e. The van der Waals surface area contributed by atoms with Gasteiger partial charge in [0.25, 0.3) is 5.91 Å². The number of hydrogen-bond acceptors (Lipinski definition) is 4. The van der Waals surface area contributed by atoms with Gasteiger partial charge in [0.05, 0.1) is 18.9 Å². The zero-order chi connectivity index (χ0) is 19.0. The lowest BCUT2D eigenvalue weighted by Gasteiger charge is -2.13. The van der Waals surface area contributed by atoms with Crippen LogP contribution in [-0.4, -0.2) is 36.9 Å². The molecular formula is C21H21ClN2O3. The molecule has 1 aliphatic heterocycles. The molecule has 1 aliphatic carbocycles. The lowest BCUT2D eigenvalue weighted by Crippen LogP contribution is -2.21. The maximum absolute atomic E-state index is 12.9. The van der Waals surface area contributed by atoms with E-state index < -0.39 is 5.38 Å². The number of carbonyl (C=O) groups is 2. The predicted molar refractivity (Wildman–Crippen MR) is 102 cm³/mol. The maximum Gasteiger partial charge on any atom is 0.269 e. The zero-order valence-corrected chi connectivity index (χ0v) is 15.8. The minimum absolute atomic E-state index is 0.0279. The summed E-state index contributed by atoms with van der Waals surface area (Å²) in [5.74, 6) is 1.12. The highest BCUT2D eigenvalue weighted by atomic mass is 35.5. The summed E-state index contributed by atoms with van der Waals surface area (Å²) in [6.45, 7) is 1.51. The average molecular weight is 385 g/mol. The van der Waals surface area contributed by atoms with Crippen molar-refractivity contribution in [2.45, 2.75) is 11.8 Å². The second-order valence-electron chi connectivity index (χ2n) is 7.17. The number of rotatable bonds is 6. The van der Waals surface area contributed by atoms with Gasteiger partial charge in [0.15, 0.2) is 5.78 Å². The SMILES string of the molecule is CNC(=O)c1cc(C(=O)CC2[C@H]3COC[C@@H]23)cc(C(Cl)c2ccccc2)n1. The first-order valence-corrected chi connectivity index (χ1v) is 9.56. The molecule has 27 heavy (non-hydrogen) atoms. The molecule has 1 aromatic heterocycles. The fourth-order valence-corrected chi connectivity index (χ4v) is 4.13. The number of hydrogen-bond donors (Lipinski definition) is 1. The molecule has 1 aromatic carbocycles. The van der Waals surface area contributed by atoms with Crippen LogP contribution in [0.2, 0.25) is 0 Å². The predicted octanol–water partition coefficient (Wildman–Crippen LogP) is 3.23. The van der Waals surface area contributed by atoms with E-state index in [1.807, 2.05) is 30.3 Å². The molecule has 1 saturated carbocycles. The van der Waals surface area contributed by atoms with E-state index in [4.69, 9.17) is 16.3 Å². The number of pyridine rings is 1. The van der Waals surface area contributed by atoms with Crippen LogP contribution in [0.5, 0.6) is 0 Å². The van der Waals surface area contributed by atoms with Crippen molar-refractivity contribution in [2.75, 3.05) is 20.3 Å². The number of benzene rings is 1. The van der Waals surface area contributed by atoms with Gasteiger partial charge in [-0.2, -0.15) is 0 Å². The van der Waals surface area contributed by atoms with E-state index in [2.05, 4.69) is 10.3 Å². The first kappa shape index (κ1) is 18.1. The highest BCUT2D eigenvalue weighted by Crippen LogP contribution is 2.53. The van der Waals surface area contributed by atoms with E-state index in [0.29, 0.717) is 35.4 Å². The van der Waals surface area contributed by atoms with Gasteiger partial charge in [-0.3, -0.25) is 9.59 Å². The van der Waals surface area contributed by atoms with Crippen LogP contribution in [0.4, 0.5) is 0 Å². The number of nitrogens with zero attached hydrogens (tertiary/aromatic N) is 1. The Morgan fingerprint density at radius 2 is 1.93 bits per heavy atom. The topological polar surface area (TPSA) is 68.3 Å². The molecule has 0 spiro atoms. The molecular weight excluding hydrogens is 364 g/mol. The fraction of sp³-hybridized carbons (Fsp3) is 0.381. The van der Waals surface area contributed by atoms with Gasteiger partial charge in [-0.05, 0) is 35.4 Å². The molecule has 1 N–H and O–H groups in total. The van der Waals surface area contributed by atoms with Crippen LogP contribution in [0.15, 0.2) is 42.5 Å². The molecule has 2 aliphatic rings. The molecule has 0 radical (unpaired) electrons. The van der Waals surface area contributed by atoms with E-state index in [0.717, 1.165) is 18.8 Å².